The van der Waals surface area contributed by atoms with E-state index >= 15 is 0 Å². The van der Waals surface area contributed by atoms with Gasteiger partial charge in [0.1, 0.15) is 5.82 Å². The second-order valence-electron chi connectivity index (χ2n) is 24.4. The summed E-state index contributed by atoms with van der Waals surface area (Å²) in [5.41, 5.74) is -12.6. The topological polar surface area (TPSA) is 35.9 Å². The molecule has 1 aliphatic heterocycles. The van der Waals surface area contributed by atoms with Crippen molar-refractivity contribution >= 4 is 61.7 Å². The van der Waals surface area contributed by atoms with E-state index in [0.717, 1.165) is 21.9 Å². The summed E-state index contributed by atoms with van der Waals surface area (Å²) in [5, 5.41) is -2.52. The molecule has 1 aliphatic carbocycles. The second-order valence-corrected chi connectivity index (χ2v) is 27.9. The molecule has 0 spiro atoms. The van der Waals surface area contributed by atoms with Crippen LogP contribution >= 0.6 is 0 Å². The Kier molecular flexibility index (Phi) is 8.15. The third-order valence-electron chi connectivity index (χ3n) is 17.6. The van der Waals surface area contributed by atoms with Crippen molar-refractivity contribution in [3.63, 3.8) is 0 Å². The first kappa shape index (κ1) is 33.1. The third kappa shape index (κ3) is 10.3. The Morgan fingerprint density at radius 2 is 1.14 bits per heavy atom. The van der Waals surface area contributed by atoms with Crippen LogP contribution < -0.4 is 30.1 Å². The molecule has 97 heavy (non-hydrogen) atoms. The smallest absolute Gasteiger partial charge is 0.268 e. The number of nitrogens with zero attached hydrogens (tertiary/aromatic N) is 4. The molecular formula is C90H72N4OPtSi-2. The van der Waals surface area contributed by atoms with Crippen LogP contribution in [-0.4, -0.2) is 22.2 Å². The molecule has 0 amide bonds. The van der Waals surface area contributed by atoms with E-state index in [-0.39, 0.29) is 88.2 Å². The van der Waals surface area contributed by atoms with Crippen molar-refractivity contribution in [2.24, 2.45) is 0 Å². The fraction of sp³-hybridized carbons (Fsp3) is 0.133. The molecule has 0 saturated carbocycles. The average molecular weight is 1490 g/mol. The number of hydrogen-bond donors (Lipinski definition) is 0. The van der Waals surface area contributed by atoms with E-state index in [2.05, 4.69) is 39.2 Å². The molecule has 7 heteroatoms. The molecule has 0 radical (unpaired) electrons. The monoisotopic (exact) mass is 1480 g/mol. The van der Waals surface area contributed by atoms with Crippen LogP contribution in [0, 0.1) is 18.5 Å². The Bertz CT molecular complexity index is 7440. The van der Waals surface area contributed by atoms with Gasteiger partial charge in [0.25, 0.3) is 6.33 Å². The number of ether oxygens (including phenoxy) is 1. The number of imidazole rings is 1. The summed E-state index contributed by atoms with van der Waals surface area (Å²) >= 11 is 0. The molecular weight excluding hydrogens is 1380 g/mol. The van der Waals surface area contributed by atoms with Gasteiger partial charge in [-0.2, -0.15) is 18.2 Å². The van der Waals surface area contributed by atoms with Crippen molar-refractivity contribution in [1.82, 2.24) is 14.1 Å². The number of pyridine rings is 1. The Morgan fingerprint density at radius 1 is 0.515 bits per heavy atom. The van der Waals surface area contributed by atoms with Gasteiger partial charge in [-0.05, 0) is 157 Å². The maximum Gasteiger partial charge on any atom is 0.268 e. The van der Waals surface area contributed by atoms with Crippen LogP contribution in [0.1, 0.15) is 128 Å². The number of rotatable bonds is 10. The summed E-state index contributed by atoms with van der Waals surface area (Å²) in [4.78, 5) is 4.83. The van der Waals surface area contributed by atoms with Gasteiger partial charge < -0.3 is 13.9 Å². The van der Waals surface area contributed by atoms with E-state index in [9.17, 15) is 38.4 Å². The van der Waals surface area contributed by atoms with E-state index in [4.69, 9.17) is 22.1 Å². The van der Waals surface area contributed by atoms with E-state index < -0.39 is 235 Å². The minimum atomic E-state index is -6.41. The normalized spacial score (nSPS) is 20.8. The molecule has 3 aromatic heterocycles. The average Bonchev–Trinajstić information content (AvgIpc) is 0.714. The summed E-state index contributed by atoms with van der Waals surface area (Å²) in [6.45, 7) is -11.6. The summed E-state index contributed by atoms with van der Waals surface area (Å²) in [5.74, 6) is 0.622. The SMILES string of the molecule is [2H]c1cc([2H])c([Si](c2c([2H])c([2H])c([2H])c([2H])c2[2H])(c2c([2H])c([2H])c([2H])c([2H])c2[2H])c2c([2H])c([2H])c([2H])c(-c3cc4c5c(c3)n(-c3[c-]c(Oc6[c-]c7c(cc6)c6ccccc6n7-c6cc(C(C)(C)C)ccn6)ccc3)[c-][n+]5-c3c(cccc3-c3c([2H])c([2H])c5c(c3[2H])C(C([2H])([2H])[2H])(C([2H])([2H])[2H])C([2H])([2H])C([2H])([2H])C5(C([2H])([2H])[2H])C([2H])([2H])[2H])-c3ccccc3-c3ccccc3-4)c2[2H])c([2H])c1[2H].[Pt]. The first-order valence-corrected chi connectivity index (χ1v) is 32.5. The molecule has 2 aliphatic rings. The van der Waals surface area contributed by atoms with Gasteiger partial charge in [-0.15, -0.1) is 29.7 Å². The largest absolute Gasteiger partial charge is 0.510 e. The van der Waals surface area contributed by atoms with Gasteiger partial charge in [0.15, 0.2) is 8.07 Å². The number of para-hydroxylation sites is 2. The van der Waals surface area contributed by atoms with E-state index in [1.165, 1.54) is 45.5 Å². The zero-order valence-corrected chi connectivity index (χ0v) is 54.8. The molecule has 17 rings (SSSR count). The predicted molar refractivity (Wildman–Crippen MR) is 398 cm³/mol. The van der Waals surface area contributed by atoms with Gasteiger partial charge in [-0.1, -0.05) is 278 Å². The van der Waals surface area contributed by atoms with Crippen molar-refractivity contribution in [1.29, 1.82) is 0 Å². The second kappa shape index (κ2) is 23.8. The van der Waals surface area contributed by atoms with Gasteiger partial charge >= 0.3 is 0 Å². The van der Waals surface area contributed by atoms with Crippen molar-refractivity contribution in [3.05, 3.63) is 320 Å². The van der Waals surface area contributed by atoms with Crippen LogP contribution in [0.3, 0.4) is 0 Å². The maximum absolute atomic E-state index is 11.1. The minimum Gasteiger partial charge on any atom is -0.510 e. The number of aromatic nitrogens is 4. The number of fused-ring (bicyclic) bond motifs is 11. The van der Waals surface area contributed by atoms with Crippen LogP contribution in [-0.2, 0) is 37.3 Å². The first-order chi connectivity index (χ1) is 62.0. The molecule has 4 heterocycles. The molecule has 0 bridgehead atoms. The zero-order valence-electron chi connectivity index (χ0n) is 88.5. The van der Waals surface area contributed by atoms with Crippen LogP contribution in [0.2, 0.25) is 0 Å². The molecule has 0 fully saturated rings. The molecule has 5 nitrogen and oxygen atoms in total. The Hall–Kier alpha value is -10.2. The molecule has 0 saturated heterocycles. The number of hydrogen-bond acceptors (Lipinski definition) is 2. The standard InChI is InChI=1S/C90H72N4OSi.Pt/c1-88(2,3)63-48-51-91-85(56-63)94-82-43-22-21-40-76(82)77-46-45-66(58-83(77)94)95-65-28-24-27-64(57-65)92-59-93-86-71(61-44-47-80-81(54-61)90(6,7)50-49-89(80,4)5)41-25-42-78(86)74-38-19-17-36-72(74)73-37-18-20-39-75(73)79-53-62(55-84(92)87(79)93)60-26-23-35-70(52-60)96(67-29-11-8-12-30-67,68-31-13-9-14-32-68)69-33-15-10-16-34-69;/h8-48,51-56H,49-50H2,1-7H3;/q-2;/i4D3,5D3,6D3,7D3,8D,9D,10D,11D,12D,13D,14D,15D,23D,26D,29D,30D,31D,32D,33D,34D,35D,44D,47D,49D2,50D2,52D,54D;. The third-order valence-corrected chi connectivity index (χ3v) is 21.6. The summed E-state index contributed by atoms with van der Waals surface area (Å²) in [6.07, 6.45) is -4.31. The van der Waals surface area contributed by atoms with Gasteiger partial charge in [0, 0.05) is 66.2 Å². The summed E-state index contributed by atoms with van der Waals surface area (Å²) in [7, 11) is -6.41. The van der Waals surface area contributed by atoms with Crippen molar-refractivity contribution < 1.29 is 81.1 Å². The Balaban J connectivity index is 0.0000131. The van der Waals surface area contributed by atoms with Gasteiger partial charge in [-0.3, -0.25) is 4.57 Å². The van der Waals surface area contributed by atoms with Crippen molar-refractivity contribution in [2.75, 3.05) is 0 Å². The van der Waals surface area contributed by atoms with E-state index in [1.54, 1.807) is 72.9 Å². The molecule has 15 aromatic rings. The molecule has 0 atom stereocenters. The van der Waals surface area contributed by atoms with Gasteiger partial charge in [-0.25, -0.2) is 4.98 Å². The van der Waals surface area contributed by atoms with Gasteiger partial charge in [0.2, 0.25) is 0 Å². The van der Waals surface area contributed by atoms with Crippen LogP contribution in [0.5, 0.6) is 11.5 Å². The summed E-state index contributed by atoms with van der Waals surface area (Å²) in [6, 6.07) is 22.4. The number of benzene rings is 12. The quantitative estimate of drug-likeness (QED) is 0.0592. The van der Waals surface area contributed by atoms with Crippen molar-refractivity contribution in [3.8, 4) is 84.3 Å². The fourth-order valence-electron chi connectivity index (χ4n) is 13.2. The van der Waals surface area contributed by atoms with E-state index in [1.807, 2.05) is 47.0 Å². The maximum atomic E-state index is 11.1. The van der Waals surface area contributed by atoms with Crippen LogP contribution in [0.15, 0.2) is 285 Å². The van der Waals surface area contributed by atoms with E-state index in [0.29, 0.717) is 28.5 Å². The Morgan fingerprint density at radius 3 is 1.88 bits per heavy atom. The molecule has 12 aromatic carbocycles. The first-order valence-electron chi connectivity index (χ1n) is 49.0. The molecule has 0 N–H and O–H groups in total. The van der Waals surface area contributed by atoms with Crippen LogP contribution in [0.25, 0.3) is 106 Å². The molecule has 0 unspecified atom stereocenters. The zero-order chi connectivity index (χ0) is 96.9. The van der Waals surface area contributed by atoms with Crippen LogP contribution in [0.4, 0.5) is 0 Å². The summed E-state index contributed by atoms with van der Waals surface area (Å²) < 4.78 is 366. The van der Waals surface area contributed by atoms with Crippen molar-refractivity contribution in [2.45, 2.75) is 77.2 Å². The Labute approximate surface area is 636 Å². The predicted octanol–water partition coefficient (Wildman–Crippen LogP) is 19.3. The van der Waals surface area contributed by atoms with Gasteiger partial charge in [0.05, 0.1) is 45.5 Å². The molecule has 474 valence electrons. The minimum absolute atomic E-state index is 0. The fourth-order valence-corrected chi connectivity index (χ4v) is 16.8.